The minimum atomic E-state index is -0.161. The summed E-state index contributed by atoms with van der Waals surface area (Å²) in [5.74, 6) is 0.608. The van der Waals surface area contributed by atoms with E-state index in [1.54, 1.807) is 0 Å². The van der Waals surface area contributed by atoms with Crippen molar-refractivity contribution in [3.05, 3.63) is 35.6 Å². The van der Waals surface area contributed by atoms with Crippen LogP contribution < -0.4 is 5.32 Å². The Labute approximate surface area is 104 Å². The number of nitrogens with one attached hydrogen (secondary N) is 1. The predicted molar refractivity (Wildman–Crippen MR) is 71.6 cm³/mol. The molecular formula is C15H24FN. The van der Waals surface area contributed by atoms with Gasteiger partial charge in [-0.25, -0.2) is 4.39 Å². The summed E-state index contributed by atoms with van der Waals surface area (Å²) in [6.07, 6.45) is 3.42. The highest BCUT2D eigenvalue weighted by Gasteiger charge is 2.07. The summed E-state index contributed by atoms with van der Waals surface area (Å²) >= 11 is 0. The smallest absolute Gasteiger partial charge is 0.123 e. The Morgan fingerprint density at radius 2 is 1.71 bits per heavy atom. The first-order chi connectivity index (χ1) is 8.15. The second-order valence-corrected chi connectivity index (χ2v) is 4.82. The van der Waals surface area contributed by atoms with Crippen molar-refractivity contribution in [3.63, 3.8) is 0 Å². The van der Waals surface area contributed by atoms with E-state index in [9.17, 15) is 4.39 Å². The largest absolute Gasteiger partial charge is 0.314 e. The molecule has 1 aromatic rings. The van der Waals surface area contributed by atoms with Crippen LogP contribution in [-0.4, -0.2) is 12.6 Å². The molecule has 1 N–H and O–H groups in total. The molecule has 0 aliphatic heterocycles. The molecule has 0 aromatic heterocycles. The Kier molecular flexibility index (Phi) is 6.20. The lowest BCUT2D eigenvalue weighted by atomic mass is 10.0. The van der Waals surface area contributed by atoms with Gasteiger partial charge < -0.3 is 5.32 Å². The number of rotatable bonds is 7. The first kappa shape index (κ1) is 14.2. The van der Waals surface area contributed by atoms with Gasteiger partial charge in [0.2, 0.25) is 0 Å². The summed E-state index contributed by atoms with van der Waals surface area (Å²) in [7, 11) is 0. The van der Waals surface area contributed by atoms with Gasteiger partial charge in [0.15, 0.2) is 0 Å². The highest BCUT2D eigenvalue weighted by Crippen LogP contribution is 2.08. The van der Waals surface area contributed by atoms with Crippen LogP contribution in [0.4, 0.5) is 4.39 Å². The minimum absolute atomic E-state index is 0.161. The van der Waals surface area contributed by atoms with Crippen LogP contribution in [0.1, 0.15) is 39.2 Å². The van der Waals surface area contributed by atoms with Crippen molar-refractivity contribution < 1.29 is 4.39 Å². The minimum Gasteiger partial charge on any atom is -0.314 e. The molecule has 1 rings (SSSR count). The fourth-order valence-electron chi connectivity index (χ4n) is 1.99. The summed E-state index contributed by atoms with van der Waals surface area (Å²) in [5.41, 5.74) is 1.19. The van der Waals surface area contributed by atoms with Crippen LogP contribution in [0, 0.1) is 11.7 Å². The van der Waals surface area contributed by atoms with Crippen molar-refractivity contribution in [3.8, 4) is 0 Å². The predicted octanol–water partition coefficient (Wildman–Crippen LogP) is 3.78. The van der Waals surface area contributed by atoms with Crippen molar-refractivity contribution in [2.24, 2.45) is 5.92 Å². The summed E-state index contributed by atoms with van der Waals surface area (Å²) in [4.78, 5) is 0. The van der Waals surface area contributed by atoms with E-state index in [1.807, 2.05) is 12.1 Å². The molecule has 1 nitrogen and oxygen atoms in total. The molecule has 0 heterocycles. The Hall–Kier alpha value is -0.890. The number of hydrogen-bond acceptors (Lipinski definition) is 1. The van der Waals surface area contributed by atoms with E-state index < -0.39 is 0 Å². The van der Waals surface area contributed by atoms with Crippen molar-refractivity contribution in [1.82, 2.24) is 5.32 Å². The standard InChI is InChI=1S/C15H24FN/c1-4-13(5-2)11-17-12(3)10-14-6-8-15(16)9-7-14/h6-9,12-13,17H,4-5,10-11H2,1-3H3. The first-order valence-corrected chi connectivity index (χ1v) is 6.63. The molecule has 0 saturated carbocycles. The van der Waals surface area contributed by atoms with Crippen LogP contribution in [0.2, 0.25) is 0 Å². The summed E-state index contributed by atoms with van der Waals surface area (Å²) in [6.45, 7) is 7.74. The molecule has 1 aromatic carbocycles. The van der Waals surface area contributed by atoms with Gasteiger partial charge in [-0.3, -0.25) is 0 Å². The van der Waals surface area contributed by atoms with Gasteiger partial charge in [0.1, 0.15) is 5.82 Å². The van der Waals surface area contributed by atoms with Gasteiger partial charge in [0, 0.05) is 6.04 Å². The zero-order valence-electron chi connectivity index (χ0n) is 11.2. The monoisotopic (exact) mass is 237 g/mol. The highest BCUT2D eigenvalue weighted by atomic mass is 19.1. The maximum absolute atomic E-state index is 12.8. The van der Waals surface area contributed by atoms with Crippen LogP contribution in [0.3, 0.4) is 0 Å². The second-order valence-electron chi connectivity index (χ2n) is 4.82. The molecular weight excluding hydrogens is 213 g/mol. The first-order valence-electron chi connectivity index (χ1n) is 6.63. The fraction of sp³-hybridized carbons (Fsp3) is 0.600. The third-order valence-corrected chi connectivity index (χ3v) is 3.36. The van der Waals surface area contributed by atoms with Crippen LogP contribution >= 0.6 is 0 Å². The average molecular weight is 237 g/mol. The van der Waals surface area contributed by atoms with Crippen molar-refractivity contribution in [2.75, 3.05) is 6.54 Å². The molecule has 0 spiro atoms. The van der Waals surface area contributed by atoms with E-state index in [2.05, 4.69) is 26.1 Å². The Morgan fingerprint density at radius 3 is 2.24 bits per heavy atom. The van der Waals surface area contributed by atoms with E-state index in [-0.39, 0.29) is 5.82 Å². The number of benzene rings is 1. The van der Waals surface area contributed by atoms with Gasteiger partial charge in [0.25, 0.3) is 0 Å². The van der Waals surface area contributed by atoms with E-state index >= 15 is 0 Å². The van der Waals surface area contributed by atoms with Crippen LogP contribution in [0.5, 0.6) is 0 Å². The molecule has 0 bridgehead atoms. The molecule has 0 fully saturated rings. The third kappa shape index (κ3) is 5.31. The van der Waals surface area contributed by atoms with Crippen molar-refractivity contribution >= 4 is 0 Å². The van der Waals surface area contributed by atoms with Gasteiger partial charge >= 0.3 is 0 Å². The molecule has 96 valence electrons. The molecule has 1 atom stereocenters. The molecule has 0 saturated heterocycles. The third-order valence-electron chi connectivity index (χ3n) is 3.36. The maximum atomic E-state index is 12.8. The van der Waals surface area contributed by atoms with Gasteiger partial charge in [-0.2, -0.15) is 0 Å². The number of hydrogen-bond donors (Lipinski definition) is 1. The summed E-state index contributed by atoms with van der Waals surface area (Å²) < 4.78 is 12.8. The second kappa shape index (κ2) is 7.44. The Balaban J connectivity index is 2.34. The summed E-state index contributed by atoms with van der Waals surface area (Å²) in [6, 6.07) is 7.24. The SMILES string of the molecule is CCC(CC)CNC(C)Cc1ccc(F)cc1. The fourth-order valence-corrected chi connectivity index (χ4v) is 1.99. The number of halogens is 1. The maximum Gasteiger partial charge on any atom is 0.123 e. The van der Waals surface area contributed by atoms with E-state index in [4.69, 9.17) is 0 Å². The molecule has 0 aliphatic rings. The topological polar surface area (TPSA) is 12.0 Å². The highest BCUT2D eigenvalue weighted by molar-refractivity contribution is 5.16. The Morgan fingerprint density at radius 1 is 1.12 bits per heavy atom. The van der Waals surface area contributed by atoms with Crippen molar-refractivity contribution in [1.29, 1.82) is 0 Å². The van der Waals surface area contributed by atoms with E-state index in [0.29, 0.717) is 6.04 Å². The molecule has 0 amide bonds. The van der Waals surface area contributed by atoms with Crippen LogP contribution in [-0.2, 0) is 6.42 Å². The zero-order chi connectivity index (χ0) is 12.7. The molecule has 2 heteroatoms. The average Bonchev–Trinajstić information content (AvgIpc) is 2.33. The quantitative estimate of drug-likeness (QED) is 0.761. The lowest BCUT2D eigenvalue weighted by Crippen LogP contribution is -2.32. The van der Waals surface area contributed by atoms with E-state index in [0.717, 1.165) is 18.9 Å². The summed E-state index contributed by atoms with van der Waals surface area (Å²) in [5, 5.41) is 3.55. The zero-order valence-corrected chi connectivity index (χ0v) is 11.2. The van der Waals surface area contributed by atoms with Gasteiger partial charge in [-0.1, -0.05) is 38.8 Å². The normalized spacial score (nSPS) is 13.0. The van der Waals surface area contributed by atoms with Gasteiger partial charge in [-0.15, -0.1) is 0 Å². The van der Waals surface area contributed by atoms with Crippen LogP contribution in [0.15, 0.2) is 24.3 Å². The molecule has 1 unspecified atom stereocenters. The van der Waals surface area contributed by atoms with Crippen molar-refractivity contribution in [2.45, 2.75) is 46.1 Å². The van der Waals surface area contributed by atoms with Crippen LogP contribution in [0.25, 0.3) is 0 Å². The lowest BCUT2D eigenvalue weighted by Gasteiger charge is -2.18. The van der Waals surface area contributed by atoms with E-state index in [1.165, 1.54) is 30.5 Å². The van der Waals surface area contributed by atoms with Gasteiger partial charge in [0.05, 0.1) is 0 Å². The Bertz CT molecular complexity index is 303. The molecule has 0 aliphatic carbocycles. The molecule has 17 heavy (non-hydrogen) atoms. The molecule has 0 radical (unpaired) electrons. The van der Waals surface area contributed by atoms with Gasteiger partial charge in [-0.05, 0) is 43.5 Å². The lowest BCUT2D eigenvalue weighted by molar-refractivity contribution is 0.416.